The number of hydrogen-bond donors (Lipinski definition) is 0. The van der Waals surface area contributed by atoms with Gasteiger partial charge >= 0.3 is 0 Å². The first-order valence-electron chi connectivity index (χ1n) is 5.64. The first kappa shape index (κ1) is 14.8. The van der Waals surface area contributed by atoms with Crippen LogP contribution < -0.4 is 0 Å². The van der Waals surface area contributed by atoms with Gasteiger partial charge in [-0.25, -0.2) is 8.42 Å². The van der Waals surface area contributed by atoms with Gasteiger partial charge in [-0.15, -0.1) is 0 Å². The van der Waals surface area contributed by atoms with E-state index in [1.165, 1.54) is 0 Å². The molecule has 0 saturated carbocycles. The third-order valence-corrected chi connectivity index (χ3v) is 5.98. The maximum Gasteiger partial charge on any atom is 0.207 e. The molecular formula is C14H12Br2O2S. The van der Waals surface area contributed by atoms with Crippen molar-refractivity contribution >= 4 is 41.7 Å². The molecular weight excluding hydrogens is 392 g/mol. The highest BCUT2D eigenvalue weighted by Crippen LogP contribution is 2.28. The van der Waals surface area contributed by atoms with Gasteiger partial charge in [0.2, 0.25) is 9.84 Å². The van der Waals surface area contributed by atoms with Gasteiger partial charge < -0.3 is 0 Å². The SMILES string of the molecule is O=S(=O)(c1ccccc1CBr)c1ccccc1CBr. The molecule has 0 spiro atoms. The summed E-state index contributed by atoms with van der Waals surface area (Å²) in [4.78, 5) is 0.723. The quantitative estimate of drug-likeness (QED) is 0.712. The molecule has 0 amide bonds. The first-order valence-corrected chi connectivity index (χ1v) is 9.36. The highest BCUT2D eigenvalue weighted by molar-refractivity contribution is 9.08. The summed E-state index contributed by atoms with van der Waals surface area (Å²) in [6.07, 6.45) is 0. The zero-order valence-corrected chi connectivity index (χ0v) is 14.0. The van der Waals surface area contributed by atoms with Crippen LogP contribution in [-0.2, 0) is 20.5 Å². The Morgan fingerprint density at radius 1 is 0.737 bits per heavy atom. The van der Waals surface area contributed by atoms with E-state index in [1.54, 1.807) is 24.3 Å². The molecule has 100 valence electrons. The first-order chi connectivity index (χ1) is 9.11. The lowest BCUT2D eigenvalue weighted by atomic mass is 10.2. The van der Waals surface area contributed by atoms with Crippen molar-refractivity contribution in [2.75, 3.05) is 0 Å². The molecule has 5 heteroatoms. The van der Waals surface area contributed by atoms with Crippen LogP contribution in [0.4, 0.5) is 0 Å². The van der Waals surface area contributed by atoms with Gasteiger partial charge in [0.25, 0.3) is 0 Å². The highest BCUT2D eigenvalue weighted by atomic mass is 79.9. The van der Waals surface area contributed by atoms with Crippen LogP contribution in [0.25, 0.3) is 0 Å². The summed E-state index contributed by atoms with van der Waals surface area (Å²) < 4.78 is 25.5. The third kappa shape index (κ3) is 2.93. The third-order valence-electron chi connectivity index (χ3n) is 2.81. The summed E-state index contributed by atoms with van der Waals surface area (Å²) in [7, 11) is -3.48. The fourth-order valence-corrected chi connectivity index (χ4v) is 4.94. The number of alkyl halides is 2. The molecule has 0 aromatic heterocycles. The van der Waals surface area contributed by atoms with Gasteiger partial charge in [0.05, 0.1) is 9.79 Å². The molecule has 0 bridgehead atoms. The number of benzene rings is 2. The molecule has 19 heavy (non-hydrogen) atoms. The van der Waals surface area contributed by atoms with Crippen molar-refractivity contribution in [1.29, 1.82) is 0 Å². The van der Waals surface area contributed by atoms with Gasteiger partial charge in [-0.2, -0.15) is 0 Å². The van der Waals surface area contributed by atoms with E-state index in [2.05, 4.69) is 31.9 Å². The molecule has 2 aromatic rings. The molecule has 0 saturated heterocycles. The second-order valence-corrected chi connectivity index (χ2v) is 6.99. The van der Waals surface area contributed by atoms with Crippen molar-refractivity contribution in [2.24, 2.45) is 0 Å². The van der Waals surface area contributed by atoms with Crippen LogP contribution in [0.5, 0.6) is 0 Å². The largest absolute Gasteiger partial charge is 0.218 e. The van der Waals surface area contributed by atoms with Crippen LogP contribution in [0.1, 0.15) is 11.1 Å². The summed E-state index contributed by atoms with van der Waals surface area (Å²) in [6, 6.07) is 14.1. The van der Waals surface area contributed by atoms with Crippen LogP contribution in [0.3, 0.4) is 0 Å². The van der Waals surface area contributed by atoms with Crippen molar-refractivity contribution in [3.63, 3.8) is 0 Å². The van der Waals surface area contributed by atoms with Gasteiger partial charge in [0.1, 0.15) is 0 Å². The molecule has 0 aliphatic rings. The van der Waals surface area contributed by atoms with E-state index in [-0.39, 0.29) is 0 Å². The Hall–Kier alpha value is -0.650. The Morgan fingerprint density at radius 3 is 1.47 bits per heavy atom. The van der Waals surface area contributed by atoms with Crippen molar-refractivity contribution < 1.29 is 8.42 Å². The lowest BCUT2D eigenvalue weighted by Crippen LogP contribution is -2.07. The van der Waals surface area contributed by atoms with Crippen LogP contribution in [0, 0.1) is 0 Å². The van der Waals surface area contributed by atoms with Crippen LogP contribution in [0.2, 0.25) is 0 Å². The Labute approximate surface area is 130 Å². The summed E-state index contributed by atoms with van der Waals surface area (Å²) in [5.41, 5.74) is 1.54. The minimum atomic E-state index is -3.48. The molecule has 0 aliphatic carbocycles. The summed E-state index contributed by atoms with van der Waals surface area (Å²) in [6.45, 7) is 0. The molecule has 2 rings (SSSR count). The zero-order valence-electron chi connectivity index (χ0n) is 10.0. The van der Waals surface area contributed by atoms with Crippen molar-refractivity contribution in [3.05, 3.63) is 59.7 Å². The fraction of sp³-hybridized carbons (Fsp3) is 0.143. The monoisotopic (exact) mass is 402 g/mol. The fourth-order valence-electron chi connectivity index (χ4n) is 1.87. The molecule has 0 radical (unpaired) electrons. The van der Waals surface area contributed by atoms with E-state index in [4.69, 9.17) is 0 Å². The van der Waals surface area contributed by atoms with Crippen LogP contribution >= 0.6 is 31.9 Å². The average Bonchev–Trinajstić information content (AvgIpc) is 2.47. The molecule has 2 aromatic carbocycles. The molecule has 0 heterocycles. The highest BCUT2D eigenvalue weighted by Gasteiger charge is 2.22. The predicted molar refractivity (Wildman–Crippen MR) is 83.6 cm³/mol. The molecule has 0 N–H and O–H groups in total. The van der Waals surface area contributed by atoms with E-state index >= 15 is 0 Å². The second-order valence-electron chi connectivity index (χ2n) is 3.99. The zero-order chi connectivity index (χ0) is 13.9. The van der Waals surface area contributed by atoms with Gasteiger partial charge in [0, 0.05) is 10.7 Å². The molecule has 0 unspecified atom stereocenters. The van der Waals surface area contributed by atoms with Crippen molar-refractivity contribution in [1.82, 2.24) is 0 Å². The normalized spacial score (nSPS) is 11.5. The summed E-state index contributed by atoms with van der Waals surface area (Å²) >= 11 is 6.67. The van der Waals surface area contributed by atoms with E-state index < -0.39 is 9.84 Å². The molecule has 0 fully saturated rings. The lowest BCUT2D eigenvalue weighted by Gasteiger charge is -2.11. The van der Waals surface area contributed by atoms with Gasteiger partial charge in [-0.1, -0.05) is 68.3 Å². The van der Waals surface area contributed by atoms with Crippen molar-refractivity contribution in [2.45, 2.75) is 20.5 Å². The Morgan fingerprint density at radius 2 is 1.11 bits per heavy atom. The lowest BCUT2D eigenvalue weighted by molar-refractivity contribution is 0.595. The smallest absolute Gasteiger partial charge is 0.207 e. The maximum atomic E-state index is 12.8. The number of rotatable bonds is 4. The second kappa shape index (κ2) is 6.20. The van der Waals surface area contributed by atoms with Crippen LogP contribution in [0.15, 0.2) is 58.3 Å². The van der Waals surface area contributed by atoms with E-state index in [0.29, 0.717) is 20.5 Å². The standard InChI is InChI=1S/C14H12Br2O2S/c15-9-11-5-1-3-7-13(11)19(17,18)14-8-4-2-6-12(14)10-16/h1-8H,9-10H2. The van der Waals surface area contributed by atoms with Gasteiger partial charge in [-0.3, -0.25) is 0 Å². The van der Waals surface area contributed by atoms with Gasteiger partial charge in [0.15, 0.2) is 0 Å². The number of halogens is 2. The molecule has 0 atom stereocenters. The van der Waals surface area contributed by atoms with E-state index in [0.717, 1.165) is 11.1 Å². The molecule has 0 aliphatic heterocycles. The van der Waals surface area contributed by atoms with E-state index in [9.17, 15) is 8.42 Å². The summed E-state index contributed by atoms with van der Waals surface area (Å²) in [5, 5.41) is 1.03. The van der Waals surface area contributed by atoms with Crippen molar-refractivity contribution in [3.8, 4) is 0 Å². The number of hydrogen-bond acceptors (Lipinski definition) is 2. The Balaban J connectivity index is 2.66. The van der Waals surface area contributed by atoms with Crippen LogP contribution in [-0.4, -0.2) is 8.42 Å². The average molecular weight is 404 g/mol. The van der Waals surface area contributed by atoms with Gasteiger partial charge in [-0.05, 0) is 23.3 Å². The maximum absolute atomic E-state index is 12.8. The molecule has 2 nitrogen and oxygen atoms in total. The van der Waals surface area contributed by atoms with E-state index in [1.807, 2.05) is 24.3 Å². The minimum absolute atomic E-state index is 0.361. The minimum Gasteiger partial charge on any atom is -0.218 e. The topological polar surface area (TPSA) is 34.1 Å². The predicted octanol–water partition coefficient (Wildman–Crippen LogP) is 4.31. The Kier molecular flexibility index (Phi) is 4.81. The summed E-state index contributed by atoms with van der Waals surface area (Å²) in [5.74, 6) is 0. The number of sulfone groups is 1. The Bertz CT molecular complexity index is 628.